The second-order valence-electron chi connectivity index (χ2n) is 5.02. The zero-order valence-electron chi connectivity index (χ0n) is 13.6. The number of hydrogen-bond acceptors (Lipinski definition) is 6. The van der Waals surface area contributed by atoms with Crippen LogP contribution in [0.4, 0.5) is 0 Å². The van der Waals surface area contributed by atoms with E-state index in [9.17, 15) is 18.0 Å². The molecule has 0 saturated heterocycles. The molecule has 2 aromatic rings. The maximum atomic E-state index is 12.4. The van der Waals surface area contributed by atoms with Crippen molar-refractivity contribution in [3.8, 4) is 0 Å². The molecule has 0 saturated carbocycles. The van der Waals surface area contributed by atoms with Crippen LogP contribution in [0, 0.1) is 0 Å². The van der Waals surface area contributed by atoms with Crippen LogP contribution < -0.4 is 4.72 Å². The van der Waals surface area contributed by atoms with Crippen molar-refractivity contribution < 1.29 is 27.5 Å². The number of methoxy groups -OCH3 is 2. The summed E-state index contributed by atoms with van der Waals surface area (Å²) in [6.45, 7) is 0. The summed E-state index contributed by atoms with van der Waals surface area (Å²) in [7, 11) is -1.68. The normalized spacial score (nSPS) is 12.2. The summed E-state index contributed by atoms with van der Waals surface area (Å²) in [5.74, 6) is -1.51. The van der Waals surface area contributed by atoms with Gasteiger partial charge in [-0.2, -0.15) is 0 Å². The van der Waals surface area contributed by atoms with E-state index in [4.69, 9.17) is 4.74 Å². The number of ether oxygens (including phenoxy) is 2. The zero-order valence-corrected chi connectivity index (χ0v) is 14.4. The minimum Gasteiger partial charge on any atom is -0.465 e. The number of benzene rings is 2. The Hall–Kier alpha value is -2.71. The first-order valence-electron chi connectivity index (χ1n) is 7.22. The number of amides is 1. The van der Waals surface area contributed by atoms with Crippen molar-refractivity contribution in [2.75, 3.05) is 14.2 Å². The van der Waals surface area contributed by atoms with Gasteiger partial charge in [-0.15, -0.1) is 0 Å². The average molecular weight is 363 g/mol. The van der Waals surface area contributed by atoms with Gasteiger partial charge in [0.05, 0.1) is 17.6 Å². The van der Waals surface area contributed by atoms with Crippen molar-refractivity contribution in [3.05, 3.63) is 65.7 Å². The van der Waals surface area contributed by atoms with Gasteiger partial charge in [0.2, 0.25) is 0 Å². The minimum atomic E-state index is -4.17. The molecule has 0 aliphatic carbocycles. The molecule has 132 valence electrons. The Kier molecular flexibility index (Phi) is 5.89. The van der Waals surface area contributed by atoms with Crippen molar-refractivity contribution in [2.45, 2.75) is 11.0 Å². The lowest BCUT2D eigenvalue weighted by atomic mass is 10.1. The Morgan fingerprint density at radius 3 is 2.28 bits per heavy atom. The van der Waals surface area contributed by atoms with Crippen molar-refractivity contribution in [3.63, 3.8) is 0 Å². The van der Waals surface area contributed by atoms with Crippen LogP contribution in [0.25, 0.3) is 0 Å². The summed E-state index contributed by atoms with van der Waals surface area (Å²) in [5, 5.41) is 0. The summed E-state index contributed by atoms with van der Waals surface area (Å²) < 4.78 is 36.5. The van der Waals surface area contributed by atoms with E-state index in [1.165, 1.54) is 32.4 Å². The van der Waals surface area contributed by atoms with Gasteiger partial charge in [-0.25, -0.2) is 17.9 Å². The van der Waals surface area contributed by atoms with Crippen LogP contribution in [-0.2, 0) is 24.3 Å². The first-order chi connectivity index (χ1) is 11.9. The van der Waals surface area contributed by atoms with Gasteiger partial charge < -0.3 is 9.47 Å². The van der Waals surface area contributed by atoms with Crippen LogP contribution >= 0.6 is 0 Å². The zero-order chi connectivity index (χ0) is 18.4. The molecule has 1 atom stereocenters. The molecule has 0 bridgehead atoms. The van der Waals surface area contributed by atoms with Gasteiger partial charge in [0, 0.05) is 7.11 Å². The summed E-state index contributed by atoms with van der Waals surface area (Å²) in [6, 6.07) is 13.7. The molecule has 0 aliphatic rings. The van der Waals surface area contributed by atoms with Crippen molar-refractivity contribution in [2.24, 2.45) is 0 Å². The third kappa shape index (κ3) is 4.43. The Labute approximate surface area is 145 Å². The molecule has 0 unspecified atom stereocenters. The molecular formula is C17H17NO6S. The second-order valence-corrected chi connectivity index (χ2v) is 6.70. The summed E-state index contributed by atoms with van der Waals surface area (Å²) in [4.78, 5) is 23.6. The van der Waals surface area contributed by atoms with Crippen LogP contribution in [0.5, 0.6) is 0 Å². The fourth-order valence-corrected chi connectivity index (χ4v) is 3.20. The van der Waals surface area contributed by atoms with Gasteiger partial charge >= 0.3 is 5.97 Å². The fraction of sp³-hybridized carbons (Fsp3) is 0.176. The number of rotatable bonds is 6. The third-order valence-corrected chi connectivity index (χ3v) is 4.72. The van der Waals surface area contributed by atoms with Crippen LogP contribution in [0.3, 0.4) is 0 Å². The van der Waals surface area contributed by atoms with E-state index < -0.39 is 28.0 Å². The highest BCUT2D eigenvalue weighted by molar-refractivity contribution is 7.90. The largest absolute Gasteiger partial charge is 0.465 e. The highest BCUT2D eigenvalue weighted by atomic mass is 32.2. The predicted molar refractivity (Wildman–Crippen MR) is 89.3 cm³/mol. The Morgan fingerprint density at radius 2 is 1.68 bits per heavy atom. The first-order valence-corrected chi connectivity index (χ1v) is 8.70. The van der Waals surface area contributed by atoms with E-state index in [1.807, 2.05) is 4.72 Å². The van der Waals surface area contributed by atoms with E-state index in [2.05, 4.69) is 4.74 Å². The molecule has 1 amide bonds. The number of hydrogen-bond donors (Lipinski definition) is 1. The van der Waals surface area contributed by atoms with E-state index in [0.717, 1.165) is 6.07 Å². The molecule has 0 fully saturated rings. The first kappa shape index (κ1) is 18.6. The fourth-order valence-electron chi connectivity index (χ4n) is 2.18. The van der Waals surface area contributed by atoms with Crippen molar-refractivity contribution >= 4 is 21.9 Å². The highest BCUT2D eigenvalue weighted by Gasteiger charge is 2.26. The molecule has 8 heteroatoms. The topological polar surface area (TPSA) is 98.8 Å². The molecule has 2 aromatic carbocycles. The molecule has 0 aromatic heterocycles. The lowest BCUT2D eigenvalue weighted by Gasteiger charge is -2.16. The average Bonchev–Trinajstić information content (AvgIpc) is 2.62. The van der Waals surface area contributed by atoms with Crippen LogP contribution in [0.2, 0.25) is 0 Å². The number of carbonyl (C=O) groups is 2. The Balaban J connectivity index is 2.26. The van der Waals surface area contributed by atoms with Gasteiger partial charge in [0.25, 0.3) is 15.9 Å². The van der Waals surface area contributed by atoms with Crippen LogP contribution in [-0.4, -0.2) is 34.5 Å². The van der Waals surface area contributed by atoms with Gasteiger partial charge in [-0.1, -0.05) is 36.4 Å². The minimum absolute atomic E-state index is 0.0594. The van der Waals surface area contributed by atoms with E-state index in [1.54, 1.807) is 30.3 Å². The van der Waals surface area contributed by atoms with Gasteiger partial charge in [-0.3, -0.25) is 4.79 Å². The second kappa shape index (κ2) is 7.91. The van der Waals surface area contributed by atoms with Crippen LogP contribution in [0.15, 0.2) is 59.5 Å². The Morgan fingerprint density at radius 1 is 1.00 bits per heavy atom. The molecule has 2 rings (SSSR count). The highest BCUT2D eigenvalue weighted by Crippen LogP contribution is 2.18. The van der Waals surface area contributed by atoms with Crippen molar-refractivity contribution in [1.82, 2.24) is 4.72 Å². The number of carbonyl (C=O) groups excluding carboxylic acids is 2. The predicted octanol–water partition coefficient (Wildman–Crippen LogP) is 1.67. The number of nitrogens with one attached hydrogen (secondary N) is 1. The molecule has 0 spiro atoms. The summed E-state index contributed by atoms with van der Waals surface area (Å²) in [5.41, 5.74) is 0.574. The molecule has 1 N–H and O–H groups in total. The summed E-state index contributed by atoms with van der Waals surface area (Å²) >= 11 is 0. The van der Waals surface area contributed by atoms with E-state index in [0.29, 0.717) is 5.56 Å². The lowest BCUT2D eigenvalue weighted by molar-refractivity contribution is -0.129. The molecule has 0 heterocycles. The SMILES string of the molecule is COC(=O)c1cccc(S(=O)(=O)NC(=O)[C@H](OC)c2ccccc2)c1. The standard InChI is InChI=1S/C17H17NO6S/c1-23-15(12-7-4-3-5-8-12)16(19)18-25(21,22)14-10-6-9-13(11-14)17(20)24-2/h3-11,15H,1-2H3,(H,18,19)/t15-/m1/s1. The maximum absolute atomic E-state index is 12.4. The van der Waals surface area contributed by atoms with Gasteiger partial charge in [0.15, 0.2) is 6.10 Å². The summed E-state index contributed by atoms with van der Waals surface area (Å²) in [6.07, 6.45) is -1.08. The number of sulfonamides is 1. The molecule has 7 nitrogen and oxygen atoms in total. The van der Waals surface area contributed by atoms with Crippen molar-refractivity contribution in [1.29, 1.82) is 0 Å². The maximum Gasteiger partial charge on any atom is 0.337 e. The van der Waals surface area contributed by atoms with Crippen LogP contribution in [0.1, 0.15) is 22.0 Å². The molecular weight excluding hydrogens is 346 g/mol. The third-order valence-electron chi connectivity index (χ3n) is 3.38. The number of esters is 1. The molecule has 0 aliphatic heterocycles. The van der Waals surface area contributed by atoms with E-state index >= 15 is 0 Å². The Bertz CT molecular complexity index is 864. The monoisotopic (exact) mass is 363 g/mol. The van der Waals surface area contributed by atoms with Gasteiger partial charge in [-0.05, 0) is 23.8 Å². The molecule has 25 heavy (non-hydrogen) atoms. The van der Waals surface area contributed by atoms with E-state index in [-0.39, 0.29) is 10.5 Å². The molecule has 0 radical (unpaired) electrons. The smallest absolute Gasteiger partial charge is 0.337 e. The lowest BCUT2D eigenvalue weighted by Crippen LogP contribution is -2.35. The van der Waals surface area contributed by atoms with Gasteiger partial charge in [0.1, 0.15) is 0 Å². The quantitative estimate of drug-likeness (QED) is 0.784.